The fourth-order valence-electron chi connectivity index (χ4n) is 3.22. The first-order valence-electron chi connectivity index (χ1n) is 10.1. The Morgan fingerprint density at radius 1 is 1.18 bits per heavy atom. The van der Waals surface area contributed by atoms with Crippen LogP contribution in [0.3, 0.4) is 0 Å². The molecule has 2 aromatic heterocycles. The summed E-state index contributed by atoms with van der Waals surface area (Å²) in [6, 6.07) is 14.8. The summed E-state index contributed by atoms with van der Waals surface area (Å²) < 4.78 is 15.8. The van der Waals surface area contributed by atoms with Crippen LogP contribution in [0.1, 0.15) is 18.3 Å². The van der Waals surface area contributed by atoms with Crippen LogP contribution < -0.4 is 10.2 Å². The molecular weight excluding hydrogens is 477 g/mol. The van der Waals surface area contributed by atoms with Gasteiger partial charge in [-0.3, -0.25) is 14.5 Å². The van der Waals surface area contributed by atoms with E-state index in [9.17, 15) is 14.0 Å². The number of hydrogen-bond acceptors (Lipinski definition) is 5. The van der Waals surface area contributed by atoms with Crippen LogP contribution in [0, 0.1) is 12.7 Å². The van der Waals surface area contributed by atoms with Crippen molar-refractivity contribution in [3.63, 3.8) is 0 Å². The molecule has 0 atom stereocenters. The molecule has 2 heterocycles. The van der Waals surface area contributed by atoms with E-state index in [4.69, 9.17) is 11.6 Å². The second kappa shape index (κ2) is 9.98. The standard InChI is InChI=1S/C24H19ClFN5O2S/c1-15-12-22(31(29-15)19-7-5-6-17(25)13-19)28-23(33)11-10-18-14-34-24(27-18)30(16(2)32)21-9-4-3-8-20(21)26/h3-14H,1-2H3,(H,28,33)/b11-10+. The van der Waals surface area contributed by atoms with E-state index in [2.05, 4.69) is 15.4 Å². The molecule has 0 bridgehead atoms. The molecule has 7 nitrogen and oxygen atoms in total. The highest BCUT2D eigenvalue weighted by atomic mass is 35.5. The van der Waals surface area contributed by atoms with Crippen molar-refractivity contribution >= 4 is 57.5 Å². The quantitative estimate of drug-likeness (QED) is 0.344. The largest absolute Gasteiger partial charge is 0.307 e. The van der Waals surface area contributed by atoms with Crippen LogP contribution in [0.4, 0.5) is 21.0 Å². The first kappa shape index (κ1) is 23.3. The fraction of sp³-hybridized carbons (Fsp3) is 0.0833. The Morgan fingerprint density at radius 2 is 1.97 bits per heavy atom. The zero-order chi connectivity index (χ0) is 24.2. The maximum absolute atomic E-state index is 14.2. The molecule has 2 amide bonds. The number of aromatic nitrogens is 3. The topological polar surface area (TPSA) is 80.1 Å². The number of thiazole rings is 1. The highest BCUT2D eigenvalue weighted by Crippen LogP contribution is 2.31. The van der Waals surface area contributed by atoms with Gasteiger partial charge in [-0.25, -0.2) is 14.1 Å². The molecule has 0 saturated carbocycles. The summed E-state index contributed by atoms with van der Waals surface area (Å²) in [5, 5.41) is 9.73. The van der Waals surface area contributed by atoms with Gasteiger partial charge in [0.25, 0.3) is 0 Å². The number of anilines is 3. The smallest absolute Gasteiger partial charge is 0.249 e. The Balaban J connectivity index is 1.51. The van der Waals surface area contributed by atoms with Crippen LogP contribution in [-0.4, -0.2) is 26.6 Å². The predicted molar refractivity (Wildman–Crippen MR) is 132 cm³/mol. The second-order valence-electron chi connectivity index (χ2n) is 7.25. The van der Waals surface area contributed by atoms with Crippen molar-refractivity contribution in [3.8, 4) is 5.69 Å². The molecule has 172 valence electrons. The van der Waals surface area contributed by atoms with E-state index in [0.717, 1.165) is 5.69 Å². The molecule has 10 heteroatoms. The number of rotatable bonds is 6. The van der Waals surface area contributed by atoms with Crippen molar-refractivity contribution in [1.82, 2.24) is 14.8 Å². The number of benzene rings is 2. The van der Waals surface area contributed by atoms with Gasteiger partial charge < -0.3 is 5.32 Å². The van der Waals surface area contributed by atoms with Crippen LogP contribution in [0.15, 0.2) is 66.1 Å². The Labute approximate surface area is 204 Å². The summed E-state index contributed by atoms with van der Waals surface area (Å²) in [4.78, 5) is 30.3. The van der Waals surface area contributed by atoms with Gasteiger partial charge in [0, 0.05) is 29.5 Å². The minimum absolute atomic E-state index is 0.113. The average Bonchev–Trinajstić information content (AvgIpc) is 3.40. The predicted octanol–water partition coefficient (Wildman–Crippen LogP) is 5.77. The first-order chi connectivity index (χ1) is 16.3. The first-order valence-corrected chi connectivity index (χ1v) is 11.4. The van der Waals surface area contributed by atoms with Crippen LogP contribution in [-0.2, 0) is 9.59 Å². The number of halogens is 2. The van der Waals surface area contributed by atoms with Crippen molar-refractivity contribution in [2.45, 2.75) is 13.8 Å². The summed E-state index contributed by atoms with van der Waals surface area (Å²) in [5.74, 6) is -0.820. The summed E-state index contributed by atoms with van der Waals surface area (Å²) in [7, 11) is 0. The van der Waals surface area contributed by atoms with Gasteiger partial charge in [-0.2, -0.15) is 5.10 Å². The number of para-hydroxylation sites is 1. The molecule has 0 saturated heterocycles. The highest BCUT2D eigenvalue weighted by Gasteiger charge is 2.20. The minimum atomic E-state index is -0.532. The number of aryl methyl sites for hydroxylation is 1. The van der Waals surface area contributed by atoms with Gasteiger partial charge in [-0.05, 0) is 43.3 Å². The molecule has 1 N–H and O–H groups in total. The number of nitrogens with zero attached hydrogens (tertiary/aromatic N) is 4. The van der Waals surface area contributed by atoms with E-state index < -0.39 is 11.7 Å². The van der Waals surface area contributed by atoms with Crippen LogP contribution in [0.2, 0.25) is 5.02 Å². The zero-order valence-electron chi connectivity index (χ0n) is 18.2. The lowest BCUT2D eigenvalue weighted by Gasteiger charge is -2.18. The normalized spacial score (nSPS) is 11.1. The Hall–Kier alpha value is -3.82. The van der Waals surface area contributed by atoms with Crippen LogP contribution in [0.5, 0.6) is 0 Å². The van der Waals surface area contributed by atoms with E-state index in [0.29, 0.717) is 27.4 Å². The van der Waals surface area contributed by atoms with Crippen molar-refractivity contribution in [3.05, 3.63) is 88.3 Å². The number of amides is 2. The summed E-state index contributed by atoms with van der Waals surface area (Å²) >= 11 is 7.25. The average molecular weight is 496 g/mol. The van der Waals surface area contributed by atoms with E-state index in [1.807, 2.05) is 13.0 Å². The molecule has 0 aliphatic rings. The maximum atomic E-state index is 14.2. The lowest BCUT2D eigenvalue weighted by molar-refractivity contribution is -0.116. The van der Waals surface area contributed by atoms with Gasteiger partial charge in [0.2, 0.25) is 11.8 Å². The van der Waals surface area contributed by atoms with Crippen molar-refractivity contribution in [2.24, 2.45) is 0 Å². The molecule has 34 heavy (non-hydrogen) atoms. The molecular formula is C24H19ClFN5O2S. The molecule has 0 spiro atoms. The molecule has 0 aliphatic carbocycles. The van der Waals surface area contributed by atoms with E-state index >= 15 is 0 Å². The third-order valence-corrected chi connectivity index (χ3v) is 5.73. The maximum Gasteiger partial charge on any atom is 0.249 e. The van der Waals surface area contributed by atoms with Gasteiger partial charge in [-0.1, -0.05) is 29.8 Å². The number of carbonyl (C=O) groups excluding carboxylic acids is 2. The van der Waals surface area contributed by atoms with Gasteiger partial charge in [-0.15, -0.1) is 11.3 Å². The Kier molecular flexibility index (Phi) is 6.85. The van der Waals surface area contributed by atoms with Gasteiger partial charge >= 0.3 is 0 Å². The van der Waals surface area contributed by atoms with Crippen molar-refractivity contribution in [1.29, 1.82) is 0 Å². The lowest BCUT2D eigenvalue weighted by atomic mass is 10.3. The van der Waals surface area contributed by atoms with Gasteiger partial charge in [0.15, 0.2) is 5.13 Å². The van der Waals surface area contributed by atoms with Crippen molar-refractivity contribution < 1.29 is 14.0 Å². The van der Waals surface area contributed by atoms with Crippen LogP contribution >= 0.6 is 22.9 Å². The number of hydrogen-bond donors (Lipinski definition) is 1. The fourth-order valence-corrected chi connectivity index (χ4v) is 4.25. The minimum Gasteiger partial charge on any atom is -0.307 e. The second-order valence-corrected chi connectivity index (χ2v) is 8.52. The third kappa shape index (κ3) is 5.22. The summed E-state index contributed by atoms with van der Waals surface area (Å²) in [6.45, 7) is 3.15. The SMILES string of the molecule is CC(=O)N(c1nc(/C=C/C(=O)Nc2cc(C)nn2-c2cccc(Cl)c2)cs1)c1ccccc1F. The third-order valence-electron chi connectivity index (χ3n) is 4.65. The molecule has 4 rings (SSSR count). The lowest BCUT2D eigenvalue weighted by Crippen LogP contribution is -2.23. The molecule has 2 aromatic carbocycles. The summed E-state index contributed by atoms with van der Waals surface area (Å²) in [5.41, 5.74) is 2.00. The molecule has 0 unspecified atom stereocenters. The summed E-state index contributed by atoms with van der Waals surface area (Å²) in [6.07, 6.45) is 2.84. The molecule has 0 radical (unpaired) electrons. The zero-order valence-corrected chi connectivity index (χ0v) is 19.8. The van der Waals surface area contributed by atoms with E-state index in [1.165, 1.54) is 47.4 Å². The number of nitrogens with one attached hydrogen (secondary N) is 1. The van der Waals surface area contributed by atoms with Gasteiger partial charge in [0.05, 0.1) is 22.8 Å². The number of carbonyl (C=O) groups is 2. The molecule has 0 fully saturated rings. The van der Waals surface area contributed by atoms with Gasteiger partial charge in [0.1, 0.15) is 11.6 Å². The Morgan fingerprint density at radius 3 is 2.71 bits per heavy atom. The van der Waals surface area contributed by atoms with E-state index in [1.54, 1.807) is 46.5 Å². The monoisotopic (exact) mass is 495 g/mol. The highest BCUT2D eigenvalue weighted by molar-refractivity contribution is 7.14. The molecule has 0 aliphatic heterocycles. The van der Waals surface area contributed by atoms with Crippen LogP contribution in [0.25, 0.3) is 11.8 Å². The molecule has 4 aromatic rings. The van der Waals surface area contributed by atoms with E-state index in [-0.39, 0.29) is 11.6 Å². The van der Waals surface area contributed by atoms with Crippen molar-refractivity contribution in [2.75, 3.05) is 10.2 Å². The Bertz CT molecular complexity index is 1400.